The lowest BCUT2D eigenvalue weighted by atomic mass is 10.1. The minimum atomic E-state index is -0.481. The Hall–Kier alpha value is -1.81. The molecule has 0 fully saturated rings. The smallest absolute Gasteiger partial charge is 0.123 e. The van der Waals surface area contributed by atoms with Gasteiger partial charge in [-0.05, 0) is 44.5 Å². The van der Waals surface area contributed by atoms with E-state index in [0.717, 1.165) is 28.3 Å². The maximum absolute atomic E-state index is 9.67. The van der Waals surface area contributed by atoms with Gasteiger partial charge in [-0.25, -0.2) is 0 Å². The molecular weight excluding hydrogens is 240 g/mol. The summed E-state index contributed by atoms with van der Waals surface area (Å²) in [5, 5.41) is 14.1. The van der Waals surface area contributed by atoms with E-state index < -0.39 is 6.10 Å². The number of ether oxygens (including phenoxy) is 1. The molecule has 0 spiro atoms. The fourth-order valence-electron chi connectivity index (χ4n) is 2.18. The van der Waals surface area contributed by atoms with Crippen molar-refractivity contribution in [2.24, 2.45) is 0 Å². The zero-order valence-corrected chi connectivity index (χ0v) is 11.8. The Labute approximate surface area is 113 Å². The Morgan fingerprint density at radius 2 is 2.05 bits per heavy atom. The molecule has 0 aliphatic heterocycles. The molecular formula is C15H20N2O2. The molecule has 102 valence electrons. The summed E-state index contributed by atoms with van der Waals surface area (Å²) in [6.07, 6.45) is -0.481. The topological polar surface area (TPSA) is 47.3 Å². The van der Waals surface area contributed by atoms with Crippen molar-refractivity contribution in [3.63, 3.8) is 0 Å². The largest absolute Gasteiger partial charge is 0.496 e. The van der Waals surface area contributed by atoms with Crippen molar-refractivity contribution in [1.82, 2.24) is 9.78 Å². The van der Waals surface area contributed by atoms with Gasteiger partial charge in [-0.1, -0.05) is 6.07 Å². The van der Waals surface area contributed by atoms with Gasteiger partial charge in [-0.15, -0.1) is 0 Å². The van der Waals surface area contributed by atoms with Crippen LogP contribution in [0.15, 0.2) is 24.3 Å². The van der Waals surface area contributed by atoms with E-state index >= 15 is 0 Å². The van der Waals surface area contributed by atoms with Gasteiger partial charge in [0.15, 0.2) is 0 Å². The maximum atomic E-state index is 9.67. The fraction of sp³-hybridized carbons (Fsp3) is 0.400. The normalized spacial score (nSPS) is 12.5. The Kier molecular flexibility index (Phi) is 3.90. The van der Waals surface area contributed by atoms with Gasteiger partial charge in [0, 0.05) is 11.3 Å². The van der Waals surface area contributed by atoms with Crippen LogP contribution in [-0.4, -0.2) is 22.0 Å². The number of aliphatic hydroxyl groups excluding tert-OH is 1. The van der Waals surface area contributed by atoms with Crippen LogP contribution in [-0.2, 0) is 6.54 Å². The molecule has 0 saturated carbocycles. The number of hydrogen-bond donors (Lipinski definition) is 1. The minimum absolute atomic E-state index is 0.481. The molecule has 1 atom stereocenters. The lowest BCUT2D eigenvalue weighted by Gasteiger charge is -2.13. The predicted octanol–water partition coefficient (Wildman–Crippen LogP) is 2.61. The van der Waals surface area contributed by atoms with Gasteiger partial charge < -0.3 is 9.84 Å². The summed E-state index contributed by atoms with van der Waals surface area (Å²) < 4.78 is 7.32. The van der Waals surface area contributed by atoms with E-state index in [2.05, 4.69) is 5.10 Å². The van der Waals surface area contributed by atoms with Crippen molar-refractivity contribution in [3.8, 4) is 5.75 Å². The third-order valence-electron chi connectivity index (χ3n) is 3.21. The molecule has 19 heavy (non-hydrogen) atoms. The summed E-state index contributed by atoms with van der Waals surface area (Å²) >= 11 is 0. The summed E-state index contributed by atoms with van der Waals surface area (Å²) in [6, 6.07) is 7.79. The molecule has 4 nitrogen and oxygen atoms in total. The zero-order chi connectivity index (χ0) is 14.0. The van der Waals surface area contributed by atoms with Gasteiger partial charge in [0.2, 0.25) is 0 Å². The van der Waals surface area contributed by atoms with E-state index in [-0.39, 0.29) is 0 Å². The Balaban J connectivity index is 2.37. The standard InChI is InChI=1S/C15H20N2O2/c1-10-7-11(2)17(16-10)9-14-8-13(12(3)18)5-6-15(14)19-4/h5-8,12,18H,9H2,1-4H3. The average Bonchev–Trinajstić information content (AvgIpc) is 2.67. The SMILES string of the molecule is COc1ccc(C(C)O)cc1Cn1nc(C)cc1C. The fourth-order valence-corrected chi connectivity index (χ4v) is 2.18. The first kappa shape index (κ1) is 13.6. The van der Waals surface area contributed by atoms with Crippen LogP contribution in [0.3, 0.4) is 0 Å². The monoisotopic (exact) mass is 260 g/mol. The van der Waals surface area contributed by atoms with Gasteiger partial charge in [-0.2, -0.15) is 5.10 Å². The molecule has 1 heterocycles. The van der Waals surface area contributed by atoms with Crippen molar-refractivity contribution >= 4 is 0 Å². The average molecular weight is 260 g/mol. The molecule has 0 bridgehead atoms. The molecule has 0 saturated heterocycles. The first-order valence-corrected chi connectivity index (χ1v) is 6.37. The number of aliphatic hydroxyl groups is 1. The molecule has 1 aromatic heterocycles. The van der Waals surface area contributed by atoms with Crippen molar-refractivity contribution < 1.29 is 9.84 Å². The highest BCUT2D eigenvalue weighted by molar-refractivity contribution is 5.38. The minimum Gasteiger partial charge on any atom is -0.496 e. The second kappa shape index (κ2) is 5.45. The summed E-state index contributed by atoms with van der Waals surface area (Å²) in [5.74, 6) is 0.817. The Bertz CT molecular complexity index is 574. The second-order valence-corrected chi connectivity index (χ2v) is 4.83. The number of benzene rings is 1. The molecule has 1 unspecified atom stereocenters. The quantitative estimate of drug-likeness (QED) is 0.919. The Morgan fingerprint density at radius 1 is 1.32 bits per heavy atom. The third kappa shape index (κ3) is 2.96. The van der Waals surface area contributed by atoms with Crippen LogP contribution in [0.2, 0.25) is 0 Å². The van der Waals surface area contributed by atoms with Crippen LogP contribution < -0.4 is 4.74 Å². The number of aromatic nitrogens is 2. The van der Waals surface area contributed by atoms with E-state index in [1.807, 2.05) is 42.8 Å². The molecule has 0 radical (unpaired) electrons. The number of methoxy groups -OCH3 is 1. The van der Waals surface area contributed by atoms with Crippen molar-refractivity contribution in [1.29, 1.82) is 0 Å². The van der Waals surface area contributed by atoms with Crippen LogP contribution in [0.5, 0.6) is 5.75 Å². The van der Waals surface area contributed by atoms with Gasteiger partial charge in [0.05, 0.1) is 25.5 Å². The number of rotatable bonds is 4. The van der Waals surface area contributed by atoms with E-state index in [1.165, 1.54) is 0 Å². The first-order chi connectivity index (χ1) is 9.01. The van der Waals surface area contributed by atoms with Crippen molar-refractivity contribution in [3.05, 3.63) is 46.8 Å². The van der Waals surface area contributed by atoms with E-state index in [9.17, 15) is 5.11 Å². The summed E-state index contributed by atoms with van der Waals surface area (Å²) in [4.78, 5) is 0. The Morgan fingerprint density at radius 3 is 2.58 bits per heavy atom. The highest BCUT2D eigenvalue weighted by Gasteiger charge is 2.10. The second-order valence-electron chi connectivity index (χ2n) is 4.83. The lowest BCUT2D eigenvalue weighted by molar-refractivity contribution is 0.199. The van der Waals surface area contributed by atoms with Gasteiger partial charge in [0.25, 0.3) is 0 Å². The molecule has 2 aromatic rings. The van der Waals surface area contributed by atoms with Gasteiger partial charge >= 0.3 is 0 Å². The molecule has 2 rings (SSSR count). The lowest BCUT2D eigenvalue weighted by Crippen LogP contribution is -2.06. The molecule has 1 N–H and O–H groups in total. The molecule has 1 aromatic carbocycles. The number of hydrogen-bond acceptors (Lipinski definition) is 3. The van der Waals surface area contributed by atoms with Crippen LogP contribution in [0.25, 0.3) is 0 Å². The van der Waals surface area contributed by atoms with Crippen molar-refractivity contribution in [2.45, 2.75) is 33.4 Å². The molecule has 0 amide bonds. The van der Waals surface area contributed by atoms with E-state index in [4.69, 9.17) is 4.74 Å². The summed E-state index contributed by atoms with van der Waals surface area (Å²) in [6.45, 7) is 6.41. The highest BCUT2D eigenvalue weighted by Crippen LogP contribution is 2.24. The third-order valence-corrected chi connectivity index (χ3v) is 3.21. The summed E-state index contributed by atoms with van der Waals surface area (Å²) in [5.41, 5.74) is 4.02. The van der Waals surface area contributed by atoms with Crippen molar-refractivity contribution in [2.75, 3.05) is 7.11 Å². The van der Waals surface area contributed by atoms with Crippen LogP contribution in [0.1, 0.15) is 35.5 Å². The molecule has 0 aliphatic rings. The number of nitrogens with zero attached hydrogens (tertiary/aromatic N) is 2. The molecule has 0 aliphatic carbocycles. The first-order valence-electron chi connectivity index (χ1n) is 6.37. The van der Waals surface area contributed by atoms with Crippen LogP contribution in [0.4, 0.5) is 0 Å². The summed E-state index contributed by atoms with van der Waals surface area (Å²) in [7, 11) is 1.65. The van der Waals surface area contributed by atoms with E-state index in [0.29, 0.717) is 6.54 Å². The van der Waals surface area contributed by atoms with Crippen LogP contribution in [0, 0.1) is 13.8 Å². The van der Waals surface area contributed by atoms with Gasteiger partial charge in [-0.3, -0.25) is 4.68 Å². The maximum Gasteiger partial charge on any atom is 0.123 e. The predicted molar refractivity (Wildman–Crippen MR) is 74.4 cm³/mol. The highest BCUT2D eigenvalue weighted by atomic mass is 16.5. The van der Waals surface area contributed by atoms with E-state index in [1.54, 1.807) is 14.0 Å². The zero-order valence-electron chi connectivity index (χ0n) is 11.8. The van der Waals surface area contributed by atoms with Gasteiger partial charge in [0.1, 0.15) is 5.75 Å². The molecule has 4 heteroatoms. The van der Waals surface area contributed by atoms with Crippen LogP contribution >= 0.6 is 0 Å². The number of aryl methyl sites for hydroxylation is 2.